The first kappa shape index (κ1) is 11.7. The van der Waals surface area contributed by atoms with E-state index in [4.69, 9.17) is 11.6 Å². The van der Waals surface area contributed by atoms with Crippen molar-refractivity contribution in [2.75, 3.05) is 0 Å². The van der Waals surface area contributed by atoms with Crippen LogP contribution < -0.4 is 0 Å². The van der Waals surface area contributed by atoms with Crippen molar-refractivity contribution in [1.82, 2.24) is 9.55 Å². The molecule has 0 aliphatic carbocycles. The standard InChI is InChI=1S/C12H12BrClN2/c1-16-8-15-11(12(16)13)7-6-9-4-2-3-5-10(9)14/h2-5,8H,6-7H2,1H3. The first-order valence-electron chi connectivity index (χ1n) is 5.07. The zero-order valence-corrected chi connectivity index (χ0v) is 11.3. The fourth-order valence-corrected chi connectivity index (χ4v) is 2.21. The van der Waals surface area contributed by atoms with Crippen molar-refractivity contribution in [1.29, 1.82) is 0 Å². The summed E-state index contributed by atoms with van der Waals surface area (Å²) in [4.78, 5) is 4.33. The van der Waals surface area contributed by atoms with Gasteiger partial charge in [-0.2, -0.15) is 0 Å². The number of hydrogen-bond acceptors (Lipinski definition) is 1. The van der Waals surface area contributed by atoms with Gasteiger partial charge in [0.15, 0.2) is 0 Å². The van der Waals surface area contributed by atoms with E-state index in [0.717, 1.165) is 28.2 Å². The average Bonchev–Trinajstić information content (AvgIpc) is 2.59. The Bertz CT molecular complexity index is 494. The molecular formula is C12H12BrClN2. The fraction of sp³-hybridized carbons (Fsp3) is 0.250. The highest BCUT2D eigenvalue weighted by Gasteiger charge is 2.06. The first-order valence-corrected chi connectivity index (χ1v) is 6.24. The molecule has 2 nitrogen and oxygen atoms in total. The van der Waals surface area contributed by atoms with Gasteiger partial charge in [0.1, 0.15) is 4.60 Å². The molecule has 0 aliphatic heterocycles. The van der Waals surface area contributed by atoms with Crippen molar-refractivity contribution in [3.8, 4) is 0 Å². The minimum absolute atomic E-state index is 0.828. The van der Waals surface area contributed by atoms with Gasteiger partial charge < -0.3 is 4.57 Å². The summed E-state index contributed by atoms with van der Waals surface area (Å²) in [6, 6.07) is 7.93. The molecule has 0 aliphatic rings. The predicted molar refractivity (Wildman–Crippen MR) is 69.8 cm³/mol. The topological polar surface area (TPSA) is 17.8 Å². The SMILES string of the molecule is Cn1cnc(CCc2ccccc2Cl)c1Br. The molecule has 0 spiro atoms. The van der Waals surface area contributed by atoms with Crippen molar-refractivity contribution in [2.24, 2.45) is 7.05 Å². The lowest BCUT2D eigenvalue weighted by atomic mass is 10.1. The Hall–Kier alpha value is -0.800. The molecule has 0 bridgehead atoms. The van der Waals surface area contributed by atoms with Crippen LogP contribution >= 0.6 is 27.5 Å². The van der Waals surface area contributed by atoms with Crippen LogP contribution in [-0.4, -0.2) is 9.55 Å². The largest absolute Gasteiger partial charge is 0.328 e. The molecule has 0 atom stereocenters. The number of halogens is 2. The normalized spacial score (nSPS) is 10.7. The maximum absolute atomic E-state index is 6.10. The molecule has 4 heteroatoms. The van der Waals surface area contributed by atoms with Crippen LogP contribution in [0.25, 0.3) is 0 Å². The molecule has 1 aromatic heterocycles. The van der Waals surface area contributed by atoms with Gasteiger partial charge in [0.05, 0.1) is 12.0 Å². The third-order valence-corrected chi connectivity index (χ3v) is 3.91. The van der Waals surface area contributed by atoms with E-state index in [9.17, 15) is 0 Å². The molecule has 0 unspecified atom stereocenters. The molecule has 0 amide bonds. The lowest BCUT2D eigenvalue weighted by molar-refractivity contribution is 0.876. The Balaban J connectivity index is 2.08. The maximum atomic E-state index is 6.10. The van der Waals surface area contributed by atoms with E-state index in [1.807, 2.05) is 36.1 Å². The Kier molecular flexibility index (Phi) is 3.66. The molecule has 84 valence electrons. The number of benzene rings is 1. The number of nitrogens with zero attached hydrogens (tertiary/aromatic N) is 2. The van der Waals surface area contributed by atoms with E-state index >= 15 is 0 Å². The lowest BCUT2D eigenvalue weighted by Crippen LogP contribution is -1.94. The first-order chi connectivity index (χ1) is 7.68. The van der Waals surface area contributed by atoms with E-state index in [1.54, 1.807) is 0 Å². The van der Waals surface area contributed by atoms with Gasteiger partial charge in [-0.15, -0.1) is 0 Å². The van der Waals surface area contributed by atoms with Gasteiger partial charge in [-0.05, 0) is 40.4 Å². The number of aryl methyl sites for hydroxylation is 3. The molecule has 0 N–H and O–H groups in total. The third-order valence-electron chi connectivity index (χ3n) is 2.52. The minimum Gasteiger partial charge on any atom is -0.328 e. The van der Waals surface area contributed by atoms with Crippen LogP contribution in [0.4, 0.5) is 0 Å². The summed E-state index contributed by atoms with van der Waals surface area (Å²) < 4.78 is 3.00. The van der Waals surface area contributed by atoms with Crippen LogP contribution in [0.2, 0.25) is 5.02 Å². The van der Waals surface area contributed by atoms with Gasteiger partial charge in [0, 0.05) is 12.1 Å². The quantitative estimate of drug-likeness (QED) is 0.846. The number of imidazole rings is 1. The summed E-state index contributed by atoms with van der Waals surface area (Å²) in [5.74, 6) is 0. The van der Waals surface area contributed by atoms with Gasteiger partial charge in [0.25, 0.3) is 0 Å². The molecular weight excluding hydrogens is 288 g/mol. The molecule has 0 fully saturated rings. The van der Waals surface area contributed by atoms with Gasteiger partial charge >= 0.3 is 0 Å². The van der Waals surface area contributed by atoms with E-state index < -0.39 is 0 Å². The number of hydrogen-bond donors (Lipinski definition) is 0. The molecule has 16 heavy (non-hydrogen) atoms. The third kappa shape index (κ3) is 2.47. The van der Waals surface area contributed by atoms with E-state index in [2.05, 4.69) is 27.0 Å². The molecule has 0 saturated carbocycles. The smallest absolute Gasteiger partial charge is 0.107 e. The molecule has 0 radical (unpaired) electrons. The Labute approximate surface area is 108 Å². The molecule has 0 saturated heterocycles. The second kappa shape index (κ2) is 5.02. The predicted octanol–water partition coefficient (Wildman–Crippen LogP) is 3.62. The van der Waals surface area contributed by atoms with Crippen LogP contribution in [0.5, 0.6) is 0 Å². The van der Waals surface area contributed by atoms with Gasteiger partial charge in [0.2, 0.25) is 0 Å². The van der Waals surface area contributed by atoms with Crippen LogP contribution in [0.1, 0.15) is 11.3 Å². The Morgan fingerprint density at radius 3 is 2.69 bits per heavy atom. The lowest BCUT2D eigenvalue weighted by Gasteiger charge is -2.02. The zero-order chi connectivity index (χ0) is 11.5. The highest BCUT2D eigenvalue weighted by Crippen LogP contribution is 2.20. The fourth-order valence-electron chi connectivity index (χ4n) is 1.59. The van der Waals surface area contributed by atoms with Crippen LogP contribution in [0.3, 0.4) is 0 Å². The van der Waals surface area contributed by atoms with Crippen molar-refractivity contribution in [3.05, 3.63) is 51.5 Å². The molecule has 1 aromatic carbocycles. The zero-order valence-electron chi connectivity index (χ0n) is 8.95. The maximum Gasteiger partial charge on any atom is 0.107 e. The summed E-state index contributed by atoms with van der Waals surface area (Å²) in [5, 5.41) is 0.828. The monoisotopic (exact) mass is 298 g/mol. The second-order valence-electron chi connectivity index (χ2n) is 3.68. The van der Waals surface area contributed by atoms with Crippen LogP contribution in [0, 0.1) is 0 Å². The average molecular weight is 300 g/mol. The highest BCUT2D eigenvalue weighted by molar-refractivity contribution is 9.10. The van der Waals surface area contributed by atoms with Gasteiger partial charge in [-0.3, -0.25) is 0 Å². The second-order valence-corrected chi connectivity index (χ2v) is 4.84. The summed E-state index contributed by atoms with van der Waals surface area (Å²) >= 11 is 9.61. The molecule has 1 heterocycles. The van der Waals surface area contributed by atoms with Gasteiger partial charge in [-0.1, -0.05) is 29.8 Å². The van der Waals surface area contributed by atoms with Crippen molar-refractivity contribution in [2.45, 2.75) is 12.8 Å². The van der Waals surface area contributed by atoms with Crippen LogP contribution in [-0.2, 0) is 19.9 Å². The van der Waals surface area contributed by atoms with E-state index in [-0.39, 0.29) is 0 Å². The van der Waals surface area contributed by atoms with Crippen molar-refractivity contribution >= 4 is 27.5 Å². The Morgan fingerprint density at radius 2 is 2.06 bits per heavy atom. The van der Waals surface area contributed by atoms with E-state index in [0.29, 0.717) is 0 Å². The number of aromatic nitrogens is 2. The van der Waals surface area contributed by atoms with Crippen LogP contribution in [0.15, 0.2) is 35.2 Å². The Morgan fingerprint density at radius 1 is 1.31 bits per heavy atom. The van der Waals surface area contributed by atoms with E-state index in [1.165, 1.54) is 5.56 Å². The van der Waals surface area contributed by atoms with Gasteiger partial charge in [-0.25, -0.2) is 4.98 Å². The summed E-state index contributed by atoms with van der Waals surface area (Å²) in [6.07, 6.45) is 3.62. The summed E-state index contributed by atoms with van der Waals surface area (Å²) in [7, 11) is 1.97. The molecule has 2 aromatic rings. The van der Waals surface area contributed by atoms with Crippen molar-refractivity contribution in [3.63, 3.8) is 0 Å². The highest BCUT2D eigenvalue weighted by atomic mass is 79.9. The summed E-state index contributed by atoms with van der Waals surface area (Å²) in [6.45, 7) is 0. The summed E-state index contributed by atoms with van der Waals surface area (Å²) in [5.41, 5.74) is 2.24. The van der Waals surface area contributed by atoms with Crippen molar-refractivity contribution < 1.29 is 0 Å². The minimum atomic E-state index is 0.828. The number of rotatable bonds is 3. The molecule has 2 rings (SSSR count).